The zero-order valence-electron chi connectivity index (χ0n) is 19.8. The highest BCUT2D eigenvalue weighted by molar-refractivity contribution is 6.23. The molecule has 4 N–H and O–H groups in total. The summed E-state index contributed by atoms with van der Waals surface area (Å²) in [5.74, 6) is -2.55. The van der Waals surface area contributed by atoms with Crippen LogP contribution in [0.5, 0.6) is 5.75 Å². The van der Waals surface area contributed by atoms with Crippen LogP contribution in [0.3, 0.4) is 0 Å². The van der Waals surface area contributed by atoms with Crippen molar-refractivity contribution in [2.24, 2.45) is 5.73 Å². The molecule has 36 heavy (non-hydrogen) atoms. The van der Waals surface area contributed by atoms with Crippen molar-refractivity contribution >= 4 is 29.5 Å². The van der Waals surface area contributed by atoms with Gasteiger partial charge in [-0.15, -0.1) is 0 Å². The van der Waals surface area contributed by atoms with Gasteiger partial charge in [0, 0.05) is 19.5 Å². The molecule has 0 saturated carbocycles. The van der Waals surface area contributed by atoms with Gasteiger partial charge in [-0.2, -0.15) is 0 Å². The second-order valence-corrected chi connectivity index (χ2v) is 7.92. The maximum Gasteiger partial charge on any atom is 0.262 e. The molecule has 1 aromatic carbocycles. The van der Waals surface area contributed by atoms with E-state index in [1.807, 2.05) is 0 Å². The van der Waals surface area contributed by atoms with Gasteiger partial charge in [0.1, 0.15) is 11.8 Å². The summed E-state index contributed by atoms with van der Waals surface area (Å²) >= 11 is 0. The van der Waals surface area contributed by atoms with Gasteiger partial charge in [0.25, 0.3) is 17.7 Å². The maximum atomic E-state index is 12.8. The monoisotopic (exact) mass is 506 g/mol. The summed E-state index contributed by atoms with van der Waals surface area (Å²) in [6.07, 6.45) is 0.109. The standard InChI is InChI=1S/C23H30N4O9/c24-5-7-33-9-11-35-12-10-34-8-6-25-20(29)14-36-15-1-2-16-17(13-15)23(32)27(22(16)31)18-3-4-19(28)26-21(18)30/h1-2,13,18H,3-12,14,24H2,(H,25,29)(H,26,28,30). The van der Waals surface area contributed by atoms with Crippen molar-refractivity contribution in [3.05, 3.63) is 29.3 Å². The molecule has 0 aromatic heterocycles. The average Bonchev–Trinajstić information content (AvgIpc) is 3.10. The number of fused-ring (bicyclic) bond motifs is 1. The fourth-order valence-electron chi connectivity index (χ4n) is 3.63. The Morgan fingerprint density at radius 1 is 0.972 bits per heavy atom. The number of rotatable bonds is 15. The van der Waals surface area contributed by atoms with Crippen LogP contribution in [0.1, 0.15) is 33.6 Å². The summed E-state index contributed by atoms with van der Waals surface area (Å²) < 4.78 is 21.3. The molecule has 2 aliphatic rings. The molecule has 1 unspecified atom stereocenters. The molecular formula is C23H30N4O9. The van der Waals surface area contributed by atoms with Gasteiger partial charge in [-0.3, -0.25) is 34.2 Å². The largest absolute Gasteiger partial charge is 0.484 e. The predicted molar refractivity (Wildman–Crippen MR) is 123 cm³/mol. The van der Waals surface area contributed by atoms with Gasteiger partial charge in [-0.1, -0.05) is 0 Å². The first-order valence-electron chi connectivity index (χ1n) is 11.6. The molecule has 5 amide bonds. The van der Waals surface area contributed by atoms with E-state index in [0.717, 1.165) is 4.90 Å². The summed E-state index contributed by atoms with van der Waals surface area (Å²) in [5, 5.41) is 4.79. The Morgan fingerprint density at radius 3 is 2.33 bits per heavy atom. The lowest BCUT2D eigenvalue weighted by Gasteiger charge is -2.27. The van der Waals surface area contributed by atoms with Crippen LogP contribution in [0, 0.1) is 0 Å². The highest BCUT2D eigenvalue weighted by atomic mass is 16.5. The fourth-order valence-corrected chi connectivity index (χ4v) is 3.63. The van der Waals surface area contributed by atoms with Gasteiger partial charge in [0.2, 0.25) is 11.8 Å². The molecule has 2 aliphatic heterocycles. The van der Waals surface area contributed by atoms with Crippen molar-refractivity contribution in [1.29, 1.82) is 0 Å². The van der Waals surface area contributed by atoms with Gasteiger partial charge >= 0.3 is 0 Å². The number of nitrogens with zero attached hydrogens (tertiary/aromatic N) is 1. The molecule has 1 fully saturated rings. The molecule has 0 radical (unpaired) electrons. The molecule has 1 saturated heterocycles. The van der Waals surface area contributed by atoms with E-state index in [9.17, 15) is 24.0 Å². The first-order chi connectivity index (χ1) is 17.4. The lowest BCUT2D eigenvalue weighted by molar-refractivity contribution is -0.136. The third-order valence-corrected chi connectivity index (χ3v) is 5.36. The van der Waals surface area contributed by atoms with Crippen LogP contribution in [0.2, 0.25) is 0 Å². The molecule has 2 heterocycles. The van der Waals surface area contributed by atoms with E-state index in [-0.39, 0.29) is 48.8 Å². The van der Waals surface area contributed by atoms with Crippen molar-refractivity contribution in [3.8, 4) is 5.75 Å². The molecule has 196 valence electrons. The van der Waals surface area contributed by atoms with E-state index < -0.39 is 29.7 Å². The highest BCUT2D eigenvalue weighted by Crippen LogP contribution is 2.30. The number of amides is 5. The van der Waals surface area contributed by atoms with Crippen LogP contribution in [0.4, 0.5) is 0 Å². The van der Waals surface area contributed by atoms with Crippen LogP contribution in [-0.4, -0.2) is 99.8 Å². The number of carbonyl (C=O) groups excluding carboxylic acids is 5. The number of imide groups is 2. The summed E-state index contributed by atoms with van der Waals surface area (Å²) in [5.41, 5.74) is 5.51. The maximum absolute atomic E-state index is 12.8. The zero-order chi connectivity index (χ0) is 25.9. The van der Waals surface area contributed by atoms with E-state index in [2.05, 4.69) is 10.6 Å². The summed E-state index contributed by atoms with van der Waals surface area (Å²) in [4.78, 5) is 61.9. The van der Waals surface area contributed by atoms with Crippen molar-refractivity contribution in [3.63, 3.8) is 0 Å². The number of hydrogen-bond donors (Lipinski definition) is 3. The van der Waals surface area contributed by atoms with Crippen LogP contribution in [0.15, 0.2) is 18.2 Å². The highest BCUT2D eigenvalue weighted by Gasteiger charge is 2.44. The molecule has 13 nitrogen and oxygen atoms in total. The molecule has 13 heteroatoms. The Labute approximate surface area is 207 Å². The van der Waals surface area contributed by atoms with Gasteiger partial charge in [0.05, 0.1) is 50.8 Å². The van der Waals surface area contributed by atoms with Crippen molar-refractivity contribution < 1.29 is 42.9 Å². The molecule has 0 aliphatic carbocycles. The minimum Gasteiger partial charge on any atom is -0.484 e. The Balaban J connectivity index is 1.36. The topological polar surface area (TPSA) is 176 Å². The van der Waals surface area contributed by atoms with Gasteiger partial charge in [-0.25, -0.2) is 0 Å². The molecule has 1 atom stereocenters. The first kappa shape index (κ1) is 27.2. The third-order valence-electron chi connectivity index (χ3n) is 5.36. The van der Waals surface area contributed by atoms with E-state index in [1.54, 1.807) is 0 Å². The Bertz CT molecular complexity index is 984. The van der Waals surface area contributed by atoms with Gasteiger partial charge in [-0.05, 0) is 24.6 Å². The second kappa shape index (κ2) is 13.6. The quantitative estimate of drug-likeness (QED) is 0.189. The van der Waals surface area contributed by atoms with Crippen molar-refractivity contribution in [1.82, 2.24) is 15.5 Å². The fraction of sp³-hybridized carbons (Fsp3) is 0.522. The number of ether oxygens (including phenoxy) is 4. The van der Waals surface area contributed by atoms with E-state index in [0.29, 0.717) is 46.2 Å². The van der Waals surface area contributed by atoms with Gasteiger partial charge < -0.3 is 30.0 Å². The number of piperidine rings is 1. The van der Waals surface area contributed by atoms with E-state index >= 15 is 0 Å². The number of carbonyl (C=O) groups is 5. The lowest BCUT2D eigenvalue weighted by atomic mass is 10.0. The molecule has 0 bridgehead atoms. The van der Waals surface area contributed by atoms with Crippen molar-refractivity contribution in [2.75, 3.05) is 59.3 Å². The van der Waals surface area contributed by atoms with E-state index in [1.165, 1.54) is 18.2 Å². The SMILES string of the molecule is NCCOCCOCCOCCNC(=O)COc1ccc2c(c1)C(=O)N(C1CCC(=O)NC1=O)C2=O. The number of benzene rings is 1. The van der Waals surface area contributed by atoms with E-state index in [4.69, 9.17) is 24.7 Å². The summed E-state index contributed by atoms with van der Waals surface area (Å²) in [7, 11) is 0. The smallest absolute Gasteiger partial charge is 0.262 e. The van der Waals surface area contributed by atoms with Crippen LogP contribution in [-0.2, 0) is 28.6 Å². The molecular weight excluding hydrogens is 476 g/mol. The Morgan fingerprint density at radius 2 is 1.64 bits per heavy atom. The normalized spacial score (nSPS) is 17.2. The predicted octanol–water partition coefficient (Wildman–Crippen LogP) is -1.41. The molecule has 0 spiro atoms. The van der Waals surface area contributed by atoms with Crippen molar-refractivity contribution in [2.45, 2.75) is 18.9 Å². The first-order valence-corrected chi connectivity index (χ1v) is 11.6. The summed E-state index contributed by atoms with van der Waals surface area (Å²) in [6.45, 7) is 2.95. The van der Waals surface area contributed by atoms with Crippen LogP contribution in [0.25, 0.3) is 0 Å². The molecule has 1 aromatic rings. The molecule has 3 rings (SSSR count). The third kappa shape index (κ3) is 7.31. The lowest BCUT2D eigenvalue weighted by Crippen LogP contribution is -2.54. The Kier molecular flexibility index (Phi) is 10.3. The van der Waals surface area contributed by atoms with Crippen LogP contribution >= 0.6 is 0 Å². The second-order valence-electron chi connectivity index (χ2n) is 7.92. The average molecular weight is 507 g/mol. The number of nitrogens with one attached hydrogen (secondary N) is 2. The minimum absolute atomic E-state index is 0.0388. The number of hydrogen-bond acceptors (Lipinski definition) is 10. The zero-order valence-corrected chi connectivity index (χ0v) is 19.8. The number of nitrogens with two attached hydrogens (primary N) is 1. The Hall–Kier alpha value is -3.39. The van der Waals surface area contributed by atoms with Crippen LogP contribution < -0.4 is 21.1 Å². The van der Waals surface area contributed by atoms with Gasteiger partial charge in [0.15, 0.2) is 6.61 Å². The summed E-state index contributed by atoms with van der Waals surface area (Å²) in [6, 6.07) is 3.19. The minimum atomic E-state index is -1.05.